The Balaban J connectivity index is 1.48. The number of hydrogen-bond donors (Lipinski definition) is 0. The van der Waals surface area contributed by atoms with Crippen molar-refractivity contribution in [2.24, 2.45) is 0 Å². The zero-order chi connectivity index (χ0) is 17.1. The molecule has 0 aromatic carbocycles. The highest BCUT2D eigenvalue weighted by Crippen LogP contribution is 2.25. The summed E-state index contributed by atoms with van der Waals surface area (Å²) in [5, 5.41) is 4.14. The van der Waals surface area contributed by atoms with Crippen LogP contribution in [0.5, 0.6) is 0 Å². The minimum atomic E-state index is 0.00751. The van der Waals surface area contributed by atoms with Gasteiger partial charge < -0.3 is 4.90 Å². The molecule has 0 spiro atoms. The normalized spacial score (nSPS) is 17.4. The molecule has 0 radical (unpaired) electrons. The van der Waals surface area contributed by atoms with Gasteiger partial charge in [0.1, 0.15) is 0 Å². The Morgan fingerprint density at radius 3 is 2.80 bits per heavy atom. The first-order valence-electron chi connectivity index (χ1n) is 8.32. The van der Waals surface area contributed by atoms with Crippen molar-refractivity contribution in [2.45, 2.75) is 18.8 Å². The van der Waals surface area contributed by atoms with E-state index in [1.807, 2.05) is 23.2 Å². The summed E-state index contributed by atoms with van der Waals surface area (Å²) in [6.45, 7) is 1.43. The molecule has 1 aliphatic rings. The molecule has 0 unspecified atom stereocenters. The second kappa shape index (κ2) is 6.80. The lowest BCUT2D eigenvalue weighted by atomic mass is 9.94. The van der Waals surface area contributed by atoms with Gasteiger partial charge in [0, 0.05) is 56.2 Å². The van der Waals surface area contributed by atoms with Crippen LogP contribution in [0.2, 0.25) is 0 Å². The first kappa shape index (κ1) is 15.4. The van der Waals surface area contributed by atoms with Gasteiger partial charge in [0.05, 0.1) is 11.3 Å². The molecule has 1 aliphatic heterocycles. The second-order valence-electron chi connectivity index (χ2n) is 6.08. The molecule has 0 aliphatic carbocycles. The molecule has 1 amide bonds. The fourth-order valence-corrected chi connectivity index (χ4v) is 3.16. The van der Waals surface area contributed by atoms with E-state index in [-0.39, 0.29) is 11.8 Å². The molecule has 0 bridgehead atoms. The van der Waals surface area contributed by atoms with Gasteiger partial charge in [-0.1, -0.05) is 0 Å². The number of piperidine rings is 1. The van der Waals surface area contributed by atoms with Gasteiger partial charge in [-0.25, -0.2) is 9.67 Å². The number of aromatic nitrogens is 5. The number of likely N-dealkylation sites (tertiary alicyclic amines) is 1. The third-order valence-electron chi connectivity index (χ3n) is 4.44. The average molecular weight is 334 g/mol. The number of amides is 1. The summed E-state index contributed by atoms with van der Waals surface area (Å²) in [6.07, 6.45) is 12.3. The molecule has 1 fully saturated rings. The quantitative estimate of drug-likeness (QED) is 0.733. The zero-order valence-electron chi connectivity index (χ0n) is 13.7. The van der Waals surface area contributed by atoms with E-state index in [0.717, 1.165) is 25.1 Å². The van der Waals surface area contributed by atoms with E-state index in [1.54, 1.807) is 41.7 Å². The molecular formula is C18H18N6O. The first-order chi connectivity index (χ1) is 12.3. The van der Waals surface area contributed by atoms with Gasteiger partial charge in [-0.15, -0.1) is 0 Å². The average Bonchev–Trinajstić information content (AvgIpc) is 3.23. The summed E-state index contributed by atoms with van der Waals surface area (Å²) >= 11 is 0. The number of hydrogen-bond acceptors (Lipinski definition) is 5. The maximum atomic E-state index is 12.8. The van der Waals surface area contributed by atoms with Crippen molar-refractivity contribution in [2.75, 3.05) is 13.1 Å². The van der Waals surface area contributed by atoms with E-state index in [4.69, 9.17) is 0 Å². The smallest absolute Gasteiger partial charge is 0.255 e. The summed E-state index contributed by atoms with van der Waals surface area (Å²) in [6, 6.07) is 5.45. The Morgan fingerprint density at radius 1 is 1.12 bits per heavy atom. The van der Waals surface area contributed by atoms with E-state index in [9.17, 15) is 4.79 Å². The number of carbonyl (C=O) groups excluding carboxylic acids is 1. The van der Waals surface area contributed by atoms with Crippen LogP contribution in [0.25, 0.3) is 5.82 Å². The molecule has 25 heavy (non-hydrogen) atoms. The van der Waals surface area contributed by atoms with Crippen LogP contribution >= 0.6 is 0 Å². The fourth-order valence-electron chi connectivity index (χ4n) is 3.16. The monoisotopic (exact) mass is 334 g/mol. The molecule has 3 aromatic rings. The standard InChI is InChI=1S/C18H18N6O/c25-18(14-4-5-17(21-11-14)24-10-2-6-22-24)23-9-1-3-15(13-23)16-12-19-7-8-20-16/h2,4-8,10-12,15H,1,3,9,13H2/t15-/m0/s1. The van der Waals surface area contributed by atoms with Gasteiger partial charge in [-0.05, 0) is 31.0 Å². The summed E-state index contributed by atoms with van der Waals surface area (Å²) in [5.74, 6) is 0.938. The van der Waals surface area contributed by atoms with Crippen molar-refractivity contribution in [3.8, 4) is 5.82 Å². The highest BCUT2D eigenvalue weighted by Gasteiger charge is 2.26. The maximum Gasteiger partial charge on any atom is 0.255 e. The topological polar surface area (TPSA) is 76.8 Å². The largest absolute Gasteiger partial charge is 0.338 e. The lowest BCUT2D eigenvalue weighted by Crippen LogP contribution is -2.39. The van der Waals surface area contributed by atoms with Crippen molar-refractivity contribution in [3.05, 3.63) is 66.6 Å². The van der Waals surface area contributed by atoms with Gasteiger partial charge in [0.2, 0.25) is 0 Å². The Morgan fingerprint density at radius 2 is 2.08 bits per heavy atom. The van der Waals surface area contributed by atoms with Crippen molar-refractivity contribution >= 4 is 5.91 Å². The van der Waals surface area contributed by atoms with Crippen LogP contribution in [-0.4, -0.2) is 48.6 Å². The molecule has 4 rings (SSSR count). The summed E-state index contributed by atoms with van der Waals surface area (Å²) in [7, 11) is 0. The number of pyridine rings is 1. The van der Waals surface area contributed by atoms with Gasteiger partial charge >= 0.3 is 0 Å². The minimum Gasteiger partial charge on any atom is -0.338 e. The lowest BCUT2D eigenvalue weighted by molar-refractivity contribution is 0.0705. The van der Waals surface area contributed by atoms with Crippen molar-refractivity contribution in [1.82, 2.24) is 29.6 Å². The van der Waals surface area contributed by atoms with Crippen molar-refractivity contribution in [3.63, 3.8) is 0 Å². The van der Waals surface area contributed by atoms with Crippen LogP contribution in [-0.2, 0) is 0 Å². The van der Waals surface area contributed by atoms with E-state index in [2.05, 4.69) is 20.1 Å². The van der Waals surface area contributed by atoms with Gasteiger partial charge in [0.25, 0.3) is 5.91 Å². The number of nitrogens with zero attached hydrogens (tertiary/aromatic N) is 6. The molecule has 0 saturated carbocycles. The Labute approximate surface area is 145 Å². The third-order valence-corrected chi connectivity index (χ3v) is 4.44. The van der Waals surface area contributed by atoms with Crippen LogP contribution in [0.1, 0.15) is 34.8 Å². The summed E-state index contributed by atoms with van der Waals surface area (Å²) < 4.78 is 1.67. The first-order valence-corrected chi connectivity index (χ1v) is 8.32. The molecular weight excluding hydrogens is 316 g/mol. The van der Waals surface area contributed by atoms with E-state index in [1.165, 1.54) is 0 Å². The molecule has 126 valence electrons. The van der Waals surface area contributed by atoms with E-state index in [0.29, 0.717) is 17.9 Å². The predicted molar refractivity (Wildman–Crippen MR) is 91.3 cm³/mol. The summed E-state index contributed by atoms with van der Waals surface area (Å²) in [5.41, 5.74) is 1.54. The molecule has 7 heteroatoms. The Kier molecular flexibility index (Phi) is 4.20. The molecule has 3 aromatic heterocycles. The third kappa shape index (κ3) is 3.26. The fraction of sp³-hybridized carbons (Fsp3) is 0.278. The van der Waals surface area contributed by atoms with Crippen LogP contribution in [0.15, 0.2) is 55.4 Å². The summed E-state index contributed by atoms with van der Waals surface area (Å²) in [4.78, 5) is 27.6. The van der Waals surface area contributed by atoms with Crippen LogP contribution in [0.4, 0.5) is 0 Å². The van der Waals surface area contributed by atoms with Crippen LogP contribution in [0, 0.1) is 0 Å². The maximum absolute atomic E-state index is 12.8. The highest BCUT2D eigenvalue weighted by atomic mass is 16.2. The SMILES string of the molecule is O=C(c1ccc(-n2cccn2)nc1)N1CCC[C@H](c2cnccn2)C1. The molecule has 1 saturated heterocycles. The molecule has 4 heterocycles. The van der Waals surface area contributed by atoms with E-state index >= 15 is 0 Å². The van der Waals surface area contributed by atoms with Crippen LogP contribution < -0.4 is 0 Å². The van der Waals surface area contributed by atoms with Gasteiger partial charge in [-0.2, -0.15) is 5.10 Å². The number of rotatable bonds is 3. The van der Waals surface area contributed by atoms with Gasteiger partial charge in [0.15, 0.2) is 5.82 Å². The van der Waals surface area contributed by atoms with Gasteiger partial charge in [-0.3, -0.25) is 14.8 Å². The molecule has 7 nitrogen and oxygen atoms in total. The lowest BCUT2D eigenvalue weighted by Gasteiger charge is -2.32. The Bertz CT molecular complexity index is 832. The number of carbonyl (C=O) groups is 1. The van der Waals surface area contributed by atoms with Crippen molar-refractivity contribution in [1.29, 1.82) is 0 Å². The van der Waals surface area contributed by atoms with E-state index < -0.39 is 0 Å². The van der Waals surface area contributed by atoms with Crippen LogP contribution in [0.3, 0.4) is 0 Å². The highest BCUT2D eigenvalue weighted by molar-refractivity contribution is 5.94. The predicted octanol–water partition coefficient (Wildman–Crippen LogP) is 2.08. The second-order valence-corrected chi connectivity index (χ2v) is 6.08. The molecule has 1 atom stereocenters. The molecule has 0 N–H and O–H groups in total. The van der Waals surface area contributed by atoms with Crippen molar-refractivity contribution < 1.29 is 4.79 Å². The zero-order valence-corrected chi connectivity index (χ0v) is 13.7. The Hall–Kier alpha value is -3.09. The minimum absolute atomic E-state index is 0.00751.